The Morgan fingerprint density at radius 3 is 3.15 bits per heavy atom. The number of hydrogen-bond donors (Lipinski definition) is 2. The monoisotopic (exact) mass is 269 g/mol. The Kier molecular flexibility index (Phi) is 3.20. The molecule has 3 aromatic rings. The van der Waals surface area contributed by atoms with Crippen LogP contribution in [-0.4, -0.2) is 25.4 Å². The fourth-order valence-corrected chi connectivity index (χ4v) is 2.09. The number of anilines is 1. The molecule has 0 saturated carbocycles. The van der Waals surface area contributed by atoms with Gasteiger partial charge < -0.3 is 14.9 Å². The molecule has 0 radical (unpaired) electrons. The lowest BCUT2D eigenvalue weighted by atomic mass is 10.2. The van der Waals surface area contributed by atoms with Crippen molar-refractivity contribution in [2.45, 2.75) is 19.9 Å². The first-order valence-electron chi connectivity index (χ1n) is 6.43. The first-order chi connectivity index (χ1) is 9.70. The summed E-state index contributed by atoms with van der Waals surface area (Å²) >= 11 is 0. The molecule has 3 rings (SSSR count). The van der Waals surface area contributed by atoms with Crippen LogP contribution in [0.3, 0.4) is 0 Å². The number of carbonyl (C=O) groups excluding carboxylic acids is 1. The van der Waals surface area contributed by atoms with Gasteiger partial charge in [0.15, 0.2) is 0 Å². The maximum Gasteiger partial charge on any atom is 0.226 e. The molecule has 0 fully saturated rings. The zero-order valence-corrected chi connectivity index (χ0v) is 11.1. The Balaban J connectivity index is 1.64. The van der Waals surface area contributed by atoms with Crippen molar-refractivity contribution in [2.24, 2.45) is 0 Å². The van der Waals surface area contributed by atoms with Crippen LogP contribution in [0, 0.1) is 6.92 Å². The number of carbonyl (C=O) groups is 1. The topological polar surface area (TPSA) is 75.6 Å². The predicted octanol–water partition coefficient (Wildman–Crippen LogP) is 2.10. The number of nitrogens with one attached hydrogen (secondary N) is 2. The number of nitrogens with zero attached hydrogens (tertiary/aromatic N) is 3. The number of fused-ring (bicyclic) bond motifs is 1. The Morgan fingerprint density at radius 1 is 1.45 bits per heavy atom. The predicted molar refractivity (Wildman–Crippen MR) is 76.3 cm³/mol. The number of H-pyrrole nitrogens is 1. The van der Waals surface area contributed by atoms with Gasteiger partial charge in [0.2, 0.25) is 5.91 Å². The standard InChI is InChI=1S/C14H15N5O/c1-10-16-12-3-2-11(8-13(12)17-10)18-14(20)4-6-19-7-5-15-9-19/h2-3,5,7-9H,4,6H2,1H3,(H,16,17)(H,18,20). The molecule has 2 N–H and O–H groups in total. The van der Waals surface area contributed by atoms with Gasteiger partial charge in [-0.2, -0.15) is 0 Å². The summed E-state index contributed by atoms with van der Waals surface area (Å²) in [5.41, 5.74) is 2.60. The van der Waals surface area contributed by atoms with E-state index >= 15 is 0 Å². The van der Waals surface area contributed by atoms with Gasteiger partial charge in [-0.15, -0.1) is 0 Å². The number of aromatic amines is 1. The average Bonchev–Trinajstić information content (AvgIpc) is 3.04. The van der Waals surface area contributed by atoms with Crippen LogP contribution in [0.15, 0.2) is 36.9 Å². The van der Waals surface area contributed by atoms with E-state index in [2.05, 4.69) is 20.3 Å². The summed E-state index contributed by atoms with van der Waals surface area (Å²) in [6, 6.07) is 5.65. The molecule has 2 aromatic heterocycles. The van der Waals surface area contributed by atoms with Gasteiger partial charge in [-0.25, -0.2) is 9.97 Å². The van der Waals surface area contributed by atoms with Crippen LogP contribution in [0.1, 0.15) is 12.2 Å². The van der Waals surface area contributed by atoms with Crippen molar-refractivity contribution in [1.29, 1.82) is 0 Å². The molecule has 1 aromatic carbocycles. The second-order valence-corrected chi connectivity index (χ2v) is 4.65. The second-order valence-electron chi connectivity index (χ2n) is 4.65. The minimum absolute atomic E-state index is 0.0192. The fraction of sp³-hybridized carbons (Fsp3) is 0.214. The van der Waals surface area contributed by atoms with Gasteiger partial charge >= 0.3 is 0 Å². The molecule has 0 unspecified atom stereocenters. The summed E-state index contributed by atoms with van der Waals surface area (Å²) in [5.74, 6) is 0.845. The largest absolute Gasteiger partial charge is 0.342 e. The summed E-state index contributed by atoms with van der Waals surface area (Å²) in [4.78, 5) is 23.3. The van der Waals surface area contributed by atoms with Crippen LogP contribution in [-0.2, 0) is 11.3 Å². The van der Waals surface area contributed by atoms with Gasteiger partial charge in [-0.1, -0.05) is 0 Å². The lowest BCUT2D eigenvalue weighted by Crippen LogP contribution is -2.13. The SMILES string of the molecule is Cc1nc2ccc(NC(=O)CCn3ccnc3)cc2[nH]1. The van der Waals surface area contributed by atoms with E-state index in [4.69, 9.17) is 0 Å². The highest BCUT2D eigenvalue weighted by Gasteiger charge is 2.05. The van der Waals surface area contributed by atoms with Crippen molar-refractivity contribution < 1.29 is 4.79 Å². The van der Waals surface area contributed by atoms with Crippen molar-refractivity contribution in [1.82, 2.24) is 19.5 Å². The molecule has 0 spiro atoms. The number of rotatable bonds is 4. The molecule has 0 aliphatic carbocycles. The van der Waals surface area contributed by atoms with Crippen molar-refractivity contribution in [3.05, 3.63) is 42.7 Å². The van der Waals surface area contributed by atoms with E-state index in [1.165, 1.54) is 0 Å². The second kappa shape index (κ2) is 5.16. The molecule has 20 heavy (non-hydrogen) atoms. The molecule has 6 heteroatoms. The maximum absolute atomic E-state index is 11.9. The minimum atomic E-state index is -0.0192. The van der Waals surface area contributed by atoms with Crippen molar-refractivity contribution in [3.8, 4) is 0 Å². The highest BCUT2D eigenvalue weighted by Crippen LogP contribution is 2.17. The molecule has 1 amide bonds. The normalized spacial score (nSPS) is 10.8. The number of imidazole rings is 2. The third-order valence-electron chi connectivity index (χ3n) is 3.04. The Labute approximate surface area is 115 Å². The van der Waals surface area contributed by atoms with E-state index in [0.717, 1.165) is 22.5 Å². The summed E-state index contributed by atoms with van der Waals surface area (Å²) in [6.45, 7) is 2.53. The average molecular weight is 269 g/mol. The van der Waals surface area contributed by atoms with E-state index in [0.29, 0.717) is 13.0 Å². The third-order valence-corrected chi connectivity index (χ3v) is 3.04. The molecule has 6 nitrogen and oxygen atoms in total. The number of amides is 1. The first kappa shape index (κ1) is 12.4. The number of aromatic nitrogens is 4. The molecule has 0 saturated heterocycles. The van der Waals surface area contributed by atoms with Gasteiger partial charge in [0.05, 0.1) is 17.4 Å². The molecular weight excluding hydrogens is 254 g/mol. The van der Waals surface area contributed by atoms with Gasteiger partial charge in [-0.05, 0) is 25.1 Å². The van der Waals surface area contributed by atoms with Crippen molar-refractivity contribution >= 4 is 22.6 Å². The number of hydrogen-bond acceptors (Lipinski definition) is 3. The first-order valence-corrected chi connectivity index (χ1v) is 6.43. The van der Waals surface area contributed by atoms with Crippen LogP contribution in [0.2, 0.25) is 0 Å². The third kappa shape index (κ3) is 2.69. The molecule has 102 valence electrons. The maximum atomic E-state index is 11.9. The highest BCUT2D eigenvalue weighted by molar-refractivity contribution is 5.92. The molecule has 0 aliphatic heterocycles. The van der Waals surface area contributed by atoms with Gasteiger partial charge in [0.1, 0.15) is 5.82 Å². The summed E-state index contributed by atoms with van der Waals surface area (Å²) < 4.78 is 1.88. The molecule has 0 aliphatic rings. The highest BCUT2D eigenvalue weighted by atomic mass is 16.1. The Bertz CT molecular complexity index is 729. The number of benzene rings is 1. The van der Waals surface area contributed by atoms with Gasteiger partial charge in [0, 0.05) is 31.0 Å². The van der Waals surface area contributed by atoms with E-state index in [9.17, 15) is 4.79 Å². The van der Waals surface area contributed by atoms with E-state index in [1.54, 1.807) is 12.5 Å². The molecule has 2 heterocycles. The van der Waals surface area contributed by atoms with Crippen molar-refractivity contribution in [3.63, 3.8) is 0 Å². The zero-order valence-electron chi connectivity index (χ0n) is 11.1. The minimum Gasteiger partial charge on any atom is -0.342 e. The smallest absolute Gasteiger partial charge is 0.226 e. The van der Waals surface area contributed by atoms with Crippen molar-refractivity contribution in [2.75, 3.05) is 5.32 Å². The van der Waals surface area contributed by atoms with Crippen LogP contribution in [0.25, 0.3) is 11.0 Å². The summed E-state index contributed by atoms with van der Waals surface area (Å²) in [7, 11) is 0. The van der Waals surface area contributed by atoms with E-state index < -0.39 is 0 Å². The summed E-state index contributed by atoms with van der Waals surface area (Å²) in [5, 5.41) is 2.89. The quantitative estimate of drug-likeness (QED) is 0.761. The summed E-state index contributed by atoms with van der Waals surface area (Å²) in [6.07, 6.45) is 5.65. The fourth-order valence-electron chi connectivity index (χ4n) is 2.09. The van der Waals surface area contributed by atoms with Gasteiger partial charge in [-0.3, -0.25) is 4.79 Å². The van der Waals surface area contributed by atoms with Crippen LogP contribution >= 0.6 is 0 Å². The van der Waals surface area contributed by atoms with Crippen LogP contribution in [0.4, 0.5) is 5.69 Å². The zero-order chi connectivity index (χ0) is 13.9. The van der Waals surface area contributed by atoms with Gasteiger partial charge in [0.25, 0.3) is 0 Å². The lowest BCUT2D eigenvalue weighted by molar-refractivity contribution is -0.116. The van der Waals surface area contributed by atoms with Crippen LogP contribution < -0.4 is 5.32 Å². The number of aryl methyl sites for hydroxylation is 2. The Hall–Kier alpha value is -2.63. The molecule has 0 bridgehead atoms. The Morgan fingerprint density at radius 2 is 2.35 bits per heavy atom. The lowest BCUT2D eigenvalue weighted by Gasteiger charge is -2.05. The van der Waals surface area contributed by atoms with E-state index in [-0.39, 0.29) is 5.91 Å². The molecule has 0 atom stereocenters. The van der Waals surface area contributed by atoms with Crippen LogP contribution in [0.5, 0.6) is 0 Å². The molecular formula is C14H15N5O. The van der Waals surface area contributed by atoms with E-state index in [1.807, 2.05) is 35.9 Å².